The molecule has 0 bridgehead atoms. The summed E-state index contributed by atoms with van der Waals surface area (Å²) in [4.78, 5) is 0.589. The summed E-state index contributed by atoms with van der Waals surface area (Å²) in [5.41, 5.74) is 0.688. The average Bonchev–Trinajstić information content (AvgIpc) is 2.81. The van der Waals surface area contributed by atoms with Crippen molar-refractivity contribution in [3.05, 3.63) is 35.9 Å². The number of benzene rings is 1. The minimum Gasteiger partial charge on any atom is -0.313 e. The van der Waals surface area contributed by atoms with Crippen LogP contribution < -0.4 is 5.32 Å². The number of nitrogens with one attached hydrogen (secondary N) is 1. The van der Waals surface area contributed by atoms with Gasteiger partial charge in [-0.05, 0) is 24.9 Å². The van der Waals surface area contributed by atoms with E-state index in [0.717, 1.165) is 19.4 Å². The zero-order valence-electron chi connectivity index (χ0n) is 10.1. The number of rotatable bonds is 4. The van der Waals surface area contributed by atoms with E-state index < -0.39 is 6.30 Å². The van der Waals surface area contributed by atoms with E-state index in [0.29, 0.717) is 10.5 Å². The van der Waals surface area contributed by atoms with Crippen LogP contribution in [0.3, 0.4) is 0 Å². The van der Waals surface area contributed by atoms with E-state index in [1.165, 1.54) is 0 Å². The van der Waals surface area contributed by atoms with Crippen molar-refractivity contribution in [3.8, 4) is 0 Å². The lowest BCUT2D eigenvalue weighted by Crippen LogP contribution is -2.44. The van der Waals surface area contributed by atoms with E-state index in [9.17, 15) is 13.2 Å². The molecule has 1 aromatic carbocycles. The molecule has 1 aromatic rings. The molecule has 0 aliphatic carbocycles. The monoisotopic (exact) mass is 258 g/mol. The highest BCUT2D eigenvalue weighted by atomic mass is 19.4. The van der Waals surface area contributed by atoms with Crippen LogP contribution in [0.1, 0.15) is 18.4 Å². The van der Waals surface area contributed by atoms with Crippen LogP contribution in [0.5, 0.6) is 0 Å². The fourth-order valence-corrected chi connectivity index (χ4v) is 2.24. The third-order valence-corrected chi connectivity index (χ3v) is 3.18. The van der Waals surface area contributed by atoms with E-state index in [1.54, 1.807) is 30.3 Å². The molecule has 1 fully saturated rings. The van der Waals surface area contributed by atoms with Crippen molar-refractivity contribution < 1.29 is 13.2 Å². The first-order chi connectivity index (χ1) is 8.55. The quantitative estimate of drug-likeness (QED) is 0.835. The first-order valence-corrected chi connectivity index (χ1v) is 6.15. The molecule has 1 aliphatic rings. The molecule has 0 amide bonds. The highest BCUT2D eigenvalue weighted by Crippen LogP contribution is 2.25. The number of hydrogen-bond acceptors (Lipinski definition) is 2. The predicted molar refractivity (Wildman–Crippen MR) is 63.9 cm³/mol. The van der Waals surface area contributed by atoms with Gasteiger partial charge >= 0.3 is 6.30 Å². The number of alkyl halides is 3. The second kappa shape index (κ2) is 5.71. The third kappa shape index (κ3) is 3.71. The zero-order chi connectivity index (χ0) is 13.0. The average molecular weight is 258 g/mol. The molecule has 1 heterocycles. The Morgan fingerprint density at radius 3 is 2.50 bits per heavy atom. The number of nitrogens with zero attached hydrogens (tertiary/aromatic N) is 1. The van der Waals surface area contributed by atoms with Gasteiger partial charge in [-0.1, -0.05) is 30.3 Å². The molecule has 1 aliphatic heterocycles. The molecule has 1 atom stereocenters. The van der Waals surface area contributed by atoms with Crippen molar-refractivity contribution >= 4 is 0 Å². The molecular weight excluding hydrogens is 241 g/mol. The van der Waals surface area contributed by atoms with Gasteiger partial charge in [-0.3, -0.25) is 0 Å². The van der Waals surface area contributed by atoms with Crippen LogP contribution in [0.15, 0.2) is 30.3 Å². The van der Waals surface area contributed by atoms with Crippen LogP contribution in [0.4, 0.5) is 13.2 Å². The Bertz CT molecular complexity index is 358. The first kappa shape index (κ1) is 13.4. The summed E-state index contributed by atoms with van der Waals surface area (Å²) >= 11 is 0. The lowest BCUT2D eigenvalue weighted by molar-refractivity contribution is -0.250. The van der Waals surface area contributed by atoms with Gasteiger partial charge in [0.2, 0.25) is 0 Å². The van der Waals surface area contributed by atoms with Gasteiger partial charge in [0.05, 0.1) is 0 Å². The van der Waals surface area contributed by atoms with Gasteiger partial charge in [-0.15, -0.1) is 0 Å². The van der Waals surface area contributed by atoms with Crippen molar-refractivity contribution in [2.45, 2.75) is 31.7 Å². The number of halogens is 3. The van der Waals surface area contributed by atoms with Gasteiger partial charge in [0.25, 0.3) is 0 Å². The summed E-state index contributed by atoms with van der Waals surface area (Å²) in [6.45, 7) is 0.766. The van der Waals surface area contributed by atoms with Crippen molar-refractivity contribution in [2.24, 2.45) is 0 Å². The SMILES string of the molecule is FC(F)(F)N(Cc1ccccc1)CC1CCCN1. The minimum absolute atomic E-state index is 0.0262. The summed E-state index contributed by atoms with van der Waals surface area (Å²) in [5, 5.41) is 3.10. The second-order valence-corrected chi connectivity index (χ2v) is 4.63. The van der Waals surface area contributed by atoms with Crippen LogP contribution in [0.2, 0.25) is 0 Å². The summed E-state index contributed by atoms with van der Waals surface area (Å²) < 4.78 is 38.9. The van der Waals surface area contributed by atoms with Gasteiger partial charge in [0, 0.05) is 19.1 Å². The predicted octanol–water partition coefficient (Wildman–Crippen LogP) is 2.76. The standard InChI is InChI=1S/C13H17F3N2/c14-13(15,16)18(10-12-7-4-8-17-12)9-11-5-2-1-3-6-11/h1-3,5-6,12,17H,4,7-10H2. The Morgan fingerprint density at radius 1 is 1.22 bits per heavy atom. The molecular formula is C13H17F3N2. The summed E-state index contributed by atoms with van der Waals surface area (Å²) in [5.74, 6) is 0. The molecule has 1 saturated heterocycles. The second-order valence-electron chi connectivity index (χ2n) is 4.63. The van der Waals surface area contributed by atoms with Gasteiger partial charge in [-0.2, -0.15) is 13.2 Å². The van der Waals surface area contributed by atoms with Crippen LogP contribution in [-0.4, -0.2) is 30.3 Å². The molecule has 1 N–H and O–H groups in total. The van der Waals surface area contributed by atoms with Crippen LogP contribution in [0, 0.1) is 0 Å². The van der Waals surface area contributed by atoms with Crippen LogP contribution >= 0.6 is 0 Å². The summed E-state index contributed by atoms with van der Waals surface area (Å²) in [7, 11) is 0. The van der Waals surface area contributed by atoms with Crippen molar-refractivity contribution in [2.75, 3.05) is 13.1 Å². The molecule has 0 aromatic heterocycles. The fraction of sp³-hybridized carbons (Fsp3) is 0.538. The van der Waals surface area contributed by atoms with E-state index in [4.69, 9.17) is 0 Å². The molecule has 2 nitrogen and oxygen atoms in total. The normalized spacial score (nSPS) is 20.6. The maximum Gasteiger partial charge on any atom is 0.460 e. The van der Waals surface area contributed by atoms with Crippen molar-refractivity contribution in [1.82, 2.24) is 10.2 Å². The van der Waals surface area contributed by atoms with E-state index >= 15 is 0 Å². The molecule has 0 spiro atoms. The number of hydrogen-bond donors (Lipinski definition) is 1. The van der Waals surface area contributed by atoms with Crippen molar-refractivity contribution in [1.29, 1.82) is 0 Å². The molecule has 2 rings (SSSR count). The lowest BCUT2D eigenvalue weighted by Gasteiger charge is -2.27. The van der Waals surface area contributed by atoms with Gasteiger partial charge < -0.3 is 5.32 Å². The van der Waals surface area contributed by atoms with E-state index in [2.05, 4.69) is 5.32 Å². The third-order valence-electron chi connectivity index (χ3n) is 3.18. The Hall–Kier alpha value is -1.07. The first-order valence-electron chi connectivity index (χ1n) is 6.15. The molecule has 18 heavy (non-hydrogen) atoms. The Morgan fingerprint density at radius 2 is 1.94 bits per heavy atom. The maximum atomic E-state index is 13.0. The lowest BCUT2D eigenvalue weighted by atomic mass is 10.2. The molecule has 1 unspecified atom stereocenters. The van der Waals surface area contributed by atoms with E-state index in [-0.39, 0.29) is 19.1 Å². The van der Waals surface area contributed by atoms with Gasteiger partial charge in [0.15, 0.2) is 0 Å². The highest BCUT2D eigenvalue weighted by Gasteiger charge is 2.38. The maximum absolute atomic E-state index is 13.0. The Kier molecular flexibility index (Phi) is 4.24. The molecule has 100 valence electrons. The smallest absolute Gasteiger partial charge is 0.313 e. The van der Waals surface area contributed by atoms with Gasteiger partial charge in [-0.25, -0.2) is 4.90 Å². The van der Waals surface area contributed by atoms with Crippen LogP contribution in [-0.2, 0) is 6.54 Å². The highest BCUT2D eigenvalue weighted by molar-refractivity contribution is 5.14. The fourth-order valence-electron chi connectivity index (χ4n) is 2.24. The Labute approximate surface area is 105 Å². The summed E-state index contributed by atoms with van der Waals surface area (Å²) in [6.07, 6.45) is -2.50. The molecule has 0 saturated carbocycles. The minimum atomic E-state index is -4.28. The van der Waals surface area contributed by atoms with Gasteiger partial charge in [0.1, 0.15) is 0 Å². The van der Waals surface area contributed by atoms with E-state index in [1.807, 2.05) is 0 Å². The Balaban J connectivity index is 2.01. The summed E-state index contributed by atoms with van der Waals surface area (Å²) in [6, 6.07) is 8.73. The van der Waals surface area contributed by atoms with Crippen molar-refractivity contribution in [3.63, 3.8) is 0 Å². The topological polar surface area (TPSA) is 15.3 Å². The molecule has 5 heteroatoms. The largest absolute Gasteiger partial charge is 0.460 e. The van der Waals surface area contributed by atoms with Crippen LogP contribution in [0.25, 0.3) is 0 Å². The molecule has 0 radical (unpaired) electrons. The zero-order valence-corrected chi connectivity index (χ0v) is 10.1.